The van der Waals surface area contributed by atoms with E-state index in [-0.39, 0.29) is 11.5 Å². The second kappa shape index (κ2) is 11.1. The van der Waals surface area contributed by atoms with Gasteiger partial charge in [-0.15, -0.1) is 0 Å². The summed E-state index contributed by atoms with van der Waals surface area (Å²) in [5.74, 6) is 1.40. The Morgan fingerprint density at radius 3 is 2.70 bits per heavy atom. The number of carbonyl (C=O) groups is 1. The van der Waals surface area contributed by atoms with Crippen LogP contribution >= 0.6 is 0 Å². The lowest BCUT2D eigenvalue weighted by Crippen LogP contribution is -2.48. The third-order valence-corrected chi connectivity index (χ3v) is 8.16. The molecule has 206 valence electrons. The van der Waals surface area contributed by atoms with Crippen molar-refractivity contribution in [1.29, 1.82) is 0 Å². The van der Waals surface area contributed by atoms with Crippen molar-refractivity contribution >= 4 is 16.9 Å². The molecule has 0 saturated carbocycles. The number of hydrogen-bond donors (Lipinski definition) is 1. The summed E-state index contributed by atoms with van der Waals surface area (Å²) in [4.78, 5) is 39.7. The van der Waals surface area contributed by atoms with Crippen LogP contribution in [0.1, 0.15) is 30.0 Å². The van der Waals surface area contributed by atoms with Gasteiger partial charge in [0.25, 0.3) is 5.56 Å². The molecule has 1 saturated heterocycles. The van der Waals surface area contributed by atoms with Crippen LogP contribution in [0.4, 0.5) is 0 Å². The first kappa shape index (κ1) is 26.1. The fourth-order valence-corrected chi connectivity index (χ4v) is 6.34. The summed E-state index contributed by atoms with van der Waals surface area (Å²) in [5, 5.41) is 3.88. The van der Waals surface area contributed by atoms with Crippen LogP contribution < -0.4 is 21.2 Å². The number of benzene rings is 2. The molecule has 2 bridgehead atoms. The van der Waals surface area contributed by atoms with Crippen molar-refractivity contribution in [3.8, 4) is 16.9 Å². The van der Waals surface area contributed by atoms with Gasteiger partial charge in [-0.25, -0.2) is 4.79 Å². The molecule has 0 aliphatic carbocycles. The number of piperidine rings is 1. The third-order valence-electron chi connectivity index (χ3n) is 8.16. The molecule has 8 heteroatoms. The van der Waals surface area contributed by atoms with E-state index in [4.69, 9.17) is 9.15 Å². The van der Waals surface area contributed by atoms with E-state index in [0.29, 0.717) is 42.6 Å². The van der Waals surface area contributed by atoms with Crippen LogP contribution in [-0.4, -0.2) is 48.7 Å². The second-order valence-electron chi connectivity index (χ2n) is 10.8. The number of ether oxygens (including phenoxy) is 1. The van der Waals surface area contributed by atoms with E-state index < -0.39 is 5.63 Å². The molecule has 2 atom stereocenters. The molecule has 0 spiro atoms. The zero-order chi connectivity index (χ0) is 27.6. The second-order valence-corrected chi connectivity index (χ2v) is 10.8. The van der Waals surface area contributed by atoms with Crippen LogP contribution in [0, 0.1) is 5.92 Å². The third kappa shape index (κ3) is 5.31. The topological polar surface area (TPSA) is 93.8 Å². The van der Waals surface area contributed by atoms with Crippen molar-refractivity contribution in [3.05, 3.63) is 98.8 Å². The Kier molecular flexibility index (Phi) is 7.26. The Labute approximate surface area is 232 Å². The lowest BCUT2D eigenvalue weighted by atomic mass is 9.83. The maximum atomic E-state index is 12.8. The van der Waals surface area contributed by atoms with Crippen molar-refractivity contribution in [2.24, 2.45) is 5.92 Å². The number of aromatic nitrogens is 1. The van der Waals surface area contributed by atoms with Crippen molar-refractivity contribution in [2.75, 3.05) is 33.3 Å². The molecular formula is C32H33N3O5. The number of aryl methyl sites for hydroxylation is 1. The van der Waals surface area contributed by atoms with Crippen LogP contribution in [0.25, 0.3) is 22.1 Å². The number of fused-ring (bicyclic) bond motifs is 5. The lowest BCUT2D eigenvalue weighted by Gasteiger charge is -2.42. The number of amides is 1. The Balaban J connectivity index is 1.09. The molecule has 8 nitrogen and oxygen atoms in total. The predicted molar refractivity (Wildman–Crippen MR) is 154 cm³/mol. The highest BCUT2D eigenvalue weighted by atomic mass is 16.5. The normalized spacial score (nSPS) is 18.3. The van der Waals surface area contributed by atoms with Gasteiger partial charge in [-0.05, 0) is 47.6 Å². The van der Waals surface area contributed by atoms with E-state index in [1.807, 2.05) is 47.0 Å². The van der Waals surface area contributed by atoms with Crippen molar-refractivity contribution in [2.45, 2.75) is 31.7 Å². The summed E-state index contributed by atoms with van der Waals surface area (Å²) < 4.78 is 13.0. The minimum atomic E-state index is -0.420. The fourth-order valence-electron chi connectivity index (χ4n) is 6.34. The number of nitrogens with zero attached hydrogens (tertiary/aromatic N) is 2. The van der Waals surface area contributed by atoms with E-state index in [0.717, 1.165) is 60.4 Å². The SMILES string of the molecule is COc1cc2oc(=O)cc(-c3ccccc3)c2cc1CCC(=O)NCCN1C[C@@H]2C[C@H](C1)c1cccc(=O)n1C2. The maximum Gasteiger partial charge on any atom is 0.336 e. The highest BCUT2D eigenvalue weighted by molar-refractivity contribution is 5.94. The van der Waals surface area contributed by atoms with E-state index >= 15 is 0 Å². The van der Waals surface area contributed by atoms with Crippen LogP contribution in [0.3, 0.4) is 0 Å². The molecule has 2 aromatic carbocycles. The van der Waals surface area contributed by atoms with Gasteiger partial charge in [-0.2, -0.15) is 0 Å². The first-order chi connectivity index (χ1) is 19.5. The van der Waals surface area contributed by atoms with E-state index in [2.05, 4.69) is 16.3 Å². The van der Waals surface area contributed by atoms with Crippen LogP contribution in [0.2, 0.25) is 0 Å². The van der Waals surface area contributed by atoms with Gasteiger partial charge in [-0.3, -0.25) is 9.59 Å². The molecule has 1 amide bonds. The standard InChI is InChI=1S/C32H33N3O5/c1-39-28-17-29-26(25(16-32(38)40-29)22-6-3-2-4-7-22)15-23(28)10-11-30(36)33-12-13-34-18-21-14-24(20-34)27-8-5-9-31(37)35(27)19-21/h2-9,15-17,21,24H,10-14,18-20H2,1H3,(H,33,36)/t21-,24+/m0/s1. The number of pyridine rings is 1. The van der Waals surface area contributed by atoms with E-state index in [1.54, 1.807) is 19.2 Å². The van der Waals surface area contributed by atoms with Crippen LogP contribution in [0.5, 0.6) is 5.75 Å². The predicted octanol–water partition coefficient (Wildman–Crippen LogP) is 3.80. The number of nitrogens with one attached hydrogen (secondary N) is 1. The molecule has 0 unspecified atom stereocenters. The Morgan fingerprint density at radius 2 is 1.88 bits per heavy atom. The van der Waals surface area contributed by atoms with Crippen LogP contribution in [-0.2, 0) is 17.8 Å². The molecule has 1 N–H and O–H groups in total. The number of methoxy groups -OCH3 is 1. The molecule has 6 rings (SSSR count). The molecule has 40 heavy (non-hydrogen) atoms. The first-order valence-corrected chi connectivity index (χ1v) is 13.9. The van der Waals surface area contributed by atoms with Gasteiger partial charge in [-0.1, -0.05) is 36.4 Å². The zero-order valence-corrected chi connectivity index (χ0v) is 22.6. The molecule has 4 aromatic rings. The highest BCUT2D eigenvalue weighted by Crippen LogP contribution is 2.35. The summed E-state index contributed by atoms with van der Waals surface area (Å²) in [7, 11) is 1.58. The summed E-state index contributed by atoms with van der Waals surface area (Å²) in [6.45, 7) is 4.00. The molecule has 2 aromatic heterocycles. The van der Waals surface area contributed by atoms with Crippen molar-refractivity contribution < 1.29 is 13.9 Å². The van der Waals surface area contributed by atoms with Gasteiger partial charge in [0.1, 0.15) is 11.3 Å². The molecule has 0 radical (unpaired) electrons. The lowest BCUT2D eigenvalue weighted by molar-refractivity contribution is -0.121. The molecule has 2 aliphatic rings. The number of likely N-dealkylation sites (tertiary alicyclic amines) is 1. The fraction of sp³-hybridized carbons (Fsp3) is 0.344. The quantitative estimate of drug-likeness (QED) is 0.343. The van der Waals surface area contributed by atoms with Crippen molar-refractivity contribution in [3.63, 3.8) is 0 Å². The maximum absolute atomic E-state index is 12.8. The molecule has 4 heterocycles. The van der Waals surface area contributed by atoms with Gasteiger partial charge in [0, 0.05) is 74.3 Å². The monoisotopic (exact) mass is 539 g/mol. The summed E-state index contributed by atoms with van der Waals surface area (Å²) in [6, 6.07) is 20.5. The highest BCUT2D eigenvalue weighted by Gasteiger charge is 2.34. The summed E-state index contributed by atoms with van der Waals surface area (Å²) in [5.41, 5.74) is 3.86. The minimum absolute atomic E-state index is 0.0147. The smallest absolute Gasteiger partial charge is 0.336 e. The van der Waals surface area contributed by atoms with E-state index in [9.17, 15) is 14.4 Å². The molecule has 1 fully saturated rings. The molecular weight excluding hydrogens is 506 g/mol. The van der Waals surface area contributed by atoms with Gasteiger partial charge in [0.15, 0.2) is 0 Å². The summed E-state index contributed by atoms with van der Waals surface area (Å²) in [6.07, 6.45) is 1.94. The number of carbonyl (C=O) groups excluding carboxylic acids is 1. The minimum Gasteiger partial charge on any atom is -0.496 e. The average Bonchev–Trinajstić information content (AvgIpc) is 2.96. The summed E-state index contributed by atoms with van der Waals surface area (Å²) >= 11 is 0. The average molecular weight is 540 g/mol. The van der Waals surface area contributed by atoms with Crippen LogP contribution in [0.15, 0.2) is 80.7 Å². The van der Waals surface area contributed by atoms with Gasteiger partial charge in [0.05, 0.1) is 7.11 Å². The first-order valence-electron chi connectivity index (χ1n) is 13.9. The Hall–Kier alpha value is -4.17. The molecule has 2 aliphatic heterocycles. The van der Waals surface area contributed by atoms with Crippen molar-refractivity contribution in [1.82, 2.24) is 14.8 Å². The van der Waals surface area contributed by atoms with E-state index in [1.165, 1.54) is 6.07 Å². The zero-order valence-electron chi connectivity index (χ0n) is 22.6. The Bertz CT molecular complexity index is 1660. The number of rotatable bonds is 8. The van der Waals surface area contributed by atoms with Gasteiger partial charge in [0.2, 0.25) is 5.91 Å². The Morgan fingerprint density at radius 1 is 1.02 bits per heavy atom. The van der Waals surface area contributed by atoms with Gasteiger partial charge >= 0.3 is 5.63 Å². The number of hydrogen-bond acceptors (Lipinski definition) is 6. The largest absolute Gasteiger partial charge is 0.496 e. The van der Waals surface area contributed by atoms with Gasteiger partial charge < -0.3 is 23.9 Å².